The van der Waals surface area contributed by atoms with Crippen molar-refractivity contribution in [2.24, 2.45) is 0 Å². The molecule has 96 valence electrons. The second-order valence-electron chi connectivity index (χ2n) is 3.13. The van der Waals surface area contributed by atoms with Gasteiger partial charge < -0.3 is 4.74 Å². The summed E-state index contributed by atoms with van der Waals surface area (Å²) in [6, 6.07) is 6.26. The normalized spacial score (nSPS) is 11.6. The first kappa shape index (κ1) is 14.7. The summed E-state index contributed by atoms with van der Waals surface area (Å²) in [5.41, 5.74) is 0. The fourth-order valence-electron chi connectivity index (χ4n) is 1.15. The zero-order chi connectivity index (χ0) is 12.7. The smallest absolute Gasteiger partial charge is 0.242 e. The lowest BCUT2D eigenvalue weighted by Crippen LogP contribution is -2.27. The Kier molecular flexibility index (Phi) is 6.22. The van der Waals surface area contributed by atoms with Crippen LogP contribution >= 0.6 is 23.2 Å². The van der Waals surface area contributed by atoms with Crippen LogP contribution in [0, 0.1) is 0 Å². The Balaban J connectivity index is 2.55. The van der Waals surface area contributed by atoms with Gasteiger partial charge in [-0.05, 0) is 12.1 Å². The van der Waals surface area contributed by atoms with Gasteiger partial charge in [-0.1, -0.05) is 23.7 Å². The lowest BCUT2D eigenvalue weighted by atomic mass is 10.4. The first-order valence-electron chi connectivity index (χ1n) is 4.96. The highest BCUT2D eigenvalue weighted by Gasteiger charge is 2.16. The highest BCUT2D eigenvalue weighted by Crippen LogP contribution is 2.19. The molecule has 0 unspecified atom stereocenters. The van der Waals surface area contributed by atoms with Crippen LogP contribution < -0.4 is 4.72 Å². The van der Waals surface area contributed by atoms with E-state index in [4.69, 9.17) is 27.9 Å². The molecule has 0 amide bonds. The zero-order valence-corrected chi connectivity index (χ0v) is 11.4. The van der Waals surface area contributed by atoms with Gasteiger partial charge in [0.2, 0.25) is 10.0 Å². The highest BCUT2D eigenvalue weighted by molar-refractivity contribution is 7.89. The monoisotopic (exact) mass is 297 g/mol. The number of rotatable bonds is 7. The van der Waals surface area contributed by atoms with E-state index in [0.29, 0.717) is 12.5 Å². The maximum Gasteiger partial charge on any atom is 0.242 e. The quantitative estimate of drug-likeness (QED) is 0.617. The van der Waals surface area contributed by atoms with Crippen molar-refractivity contribution in [2.75, 3.05) is 25.6 Å². The van der Waals surface area contributed by atoms with Crippen molar-refractivity contribution in [3.8, 4) is 0 Å². The molecule has 0 heterocycles. The summed E-state index contributed by atoms with van der Waals surface area (Å²) in [4.78, 5) is 0.0685. The van der Waals surface area contributed by atoms with Crippen LogP contribution in [0.1, 0.15) is 0 Å². The highest BCUT2D eigenvalue weighted by atomic mass is 35.5. The summed E-state index contributed by atoms with van der Waals surface area (Å²) in [6.45, 7) is 0.857. The second kappa shape index (κ2) is 7.18. The maximum absolute atomic E-state index is 11.8. The summed E-state index contributed by atoms with van der Waals surface area (Å²) >= 11 is 11.2. The molecule has 0 saturated heterocycles. The van der Waals surface area contributed by atoms with Crippen molar-refractivity contribution in [3.63, 3.8) is 0 Å². The standard InChI is InChI=1S/C10H13Cl2NO3S/c11-5-7-16-8-6-13-17(14,15)10-4-2-1-3-9(10)12/h1-4,13H,5-8H2. The van der Waals surface area contributed by atoms with Gasteiger partial charge in [-0.25, -0.2) is 13.1 Å². The number of benzene rings is 1. The lowest BCUT2D eigenvalue weighted by molar-refractivity contribution is 0.155. The van der Waals surface area contributed by atoms with E-state index in [1.165, 1.54) is 12.1 Å². The van der Waals surface area contributed by atoms with Crippen molar-refractivity contribution in [1.82, 2.24) is 4.72 Å². The van der Waals surface area contributed by atoms with E-state index in [9.17, 15) is 8.42 Å². The van der Waals surface area contributed by atoms with Crippen molar-refractivity contribution in [3.05, 3.63) is 29.3 Å². The summed E-state index contributed by atoms with van der Waals surface area (Å²) in [7, 11) is -3.57. The molecule has 0 radical (unpaired) electrons. The van der Waals surface area contributed by atoms with E-state index in [2.05, 4.69) is 4.72 Å². The summed E-state index contributed by atoms with van der Waals surface area (Å²) in [6.07, 6.45) is 0. The number of hydrogen-bond acceptors (Lipinski definition) is 3. The van der Waals surface area contributed by atoms with Gasteiger partial charge in [0.05, 0.1) is 18.2 Å². The minimum atomic E-state index is -3.57. The van der Waals surface area contributed by atoms with Gasteiger partial charge >= 0.3 is 0 Å². The van der Waals surface area contributed by atoms with Crippen LogP contribution in [0.5, 0.6) is 0 Å². The van der Waals surface area contributed by atoms with Crippen molar-refractivity contribution >= 4 is 33.2 Å². The number of alkyl halides is 1. The zero-order valence-electron chi connectivity index (χ0n) is 9.03. The maximum atomic E-state index is 11.8. The van der Waals surface area contributed by atoms with Gasteiger partial charge in [-0.15, -0.1) is 11.6 Å². The average Bonchev–Trinajstić information content (AvgIpc) is 2.29. The van der Waals surface area contributed by atoms with Gasteiger partial charge in [0.25, 0.3) is 0 Å². The first-order valence-corrected chi connectivity index (χ1v) is 7.35. The van der Waals surface area contributed by atoms with Crippen LogP contribution in [0.15, 0.2) is 29.2 Å². The minimum absolute atomic E-state index is 0.0685. The van der Waals surface area contributed by atoms with Crippen molar-refractivity contribution < 1.29 is 13.2 Å². The van der Waals surface area contributed by atoms with Gasteiger partial charge in [-0.2, -0.15) is 0 Å². The molecule has 0 spiro atoms. The number of sulfonamides is 1. The fraction of sp³-hybridized carbons (Fsp3) is 0.400. The van der Waals surface area contributed by atoms with Gasteiger partial charge in [0, 0.05) is 12.4 Å². The Labute approximate surface area is 111 Å². The van der Waals surface area contributed by atoms with Gasteiger partial charge in [0.1, 0.15) is 4.90 Å². The Bertz CT molecular complexity index is 451. The van der Waals surface area contributed by atoms with E-state index in [1.54, 1.807) is 12.1 Å². The van der Waals surface area contributed by atoms with Crippen LogP contribution in [0.4, 0.5) is 0 Å². The lowest BCUT2D eigenvalue weighted by Gasteiger charge is -2.08. The molecule has 1 aromatic rings. The van der Waals surface area contributed by atoms with E-state index in [-0.39, 0.29) is 23.1 Å². The molecule has 17 heavy (non-hydrogen) atoms. The number of halogens is 2. The Morgan fingerprint density at radius 2 is 1.94 bits per heavy atom. The third kappa shape index (κ3) is 4.81. The molecule has 0 aromatic heterocycles. The van der Waals surface area contributed by atoms with E-state index < -0.39 is 10.0 Å². The molecule has 1 rings (SSSR count). The molecule has 0 aliphatic heterocycles. The fourth-order valence-corrected chi connectivity index (χ4v) is 2.78. The molecule has 0 fully saturated rings. The molecular formula is C10H13Cl2NO3S. The molecule has 4 nitrogen and oxygen atoms in total. The summed E-state index contributed by atoms with van der Waals surface area (Å²) in [5, 5.41) is 0.196. The number of ether oxygens (including phenoxy) is 1. The topological polar surface area (TPSA) is 55.4 Å². The van der Waals surface area contributed by atoms with Crippen molar-refractivity contribution in [2.45, 2.75) is 4.90 Å². The molecule has 0 aliphatic rings. The Morgan fingerprint density at radius 3 is 2.59 bits per heavy atom. The first-order chi connectivity index (χ1) is 8.08. The Morgan fingerprint density at radius 1 is 1.24 bits per heavy atom. The second-order valence-corrected chi connectivity index (χ2v) is 5.65. The SMILES string of the molecule is O=S(=O)(NCCOCCCl)c1ccccc1Cl. The van der Waals surface area contributed by atoms with E-state index in [1.807, 2.05) is 0 Å². The average molecular weight is 298 g/mol. The molecule has 0 aliphatic carbocycles. The molecule has 0 atom stereocenters. The summed E-state index contributed by atoms with van der Waals surface area (Å²) in [5.74, 6) is 0.386. The summed E-state index contributed by atoms with van der Waals surface area (Å²) < 4.78 is 31.1. The predicted molar refractivity (Wildman–Crippen MR) is 68.2 cm³/mol. The van der Waals surface area contributed by atoms with Crippen LogP contribution in [-0.2, 0) is 14.8 Å². The largest absolute Gasteiger partial charge is 0.379 e. The Hall–Kier alpha value is -0.330. The number of hydrogen-bond donors (Lipinski definition) is 1. The number of nitrogens with one attached hydrogen (secondary N) is 1. The molecule has 7 heteroatoms. The van der Waals surface area contributed by atoms with Crippen LogP contribution in [0.25, 0.3) is 0 Å². The molecule has 1 N–H and O–H groups in total. The molecular weight excluding hydrogens is 285 g/mol. The van der Waals surface area contributed by atoms with Crippen molar-refractivity contribution in [1.29, 1.82) is 0 Å². The van der Waals surface area contributed by atoms with Gasteiger partial charge in [-0.3, -0.25) is 0 Å². The van der Waals surface area contributed by atoms with Crippen LogP contribution in [0.3, 0.4) is 0 Å². The molecule has 0 bridgehead atoms. The third-order valence-electron chi connectivity index (χ3n) is 1.89. The minimum Gasteiger partial charge on any atom is -0.379 e. The van der Waals surface area contributed by atoms with E-state index in [0.717, 1.165) is 0 Å². The molecule has 1 aromatic carbocycles. The predicted octanol–water partition coefficient (Wildman–Crippen LogP) is 1.87. The van der Waals surface area contributed by atoms with Crippen LogP contribution in [0.2, 0.25) is 5.02 Å². The third-order valence-corrected chi connectivity index (χ3v) is 4.00. The van der Waals surface area contributed by atoms with E-state index >= 15 is 0 Å². The van der Waals surface area contributed by atoms with Gasteiger partial charge in [0.15, 0.2) is 0 Å². The molecule has 0 saturated carbocycles. The van der Waals surface area contributed by atoms with Crippen LogP contribution in [-0.4, -0.2) is 34.1 Å².